The second kappa shape index (κ2) is 5.24. The van der Waals surface area contributed by atoms with Crippen molar-refractivity contribution < 1.29 is 9.21 Å². The Morgan fingerprint density at radius 3 is 2.95 bits per heavy atom. The highest BCUT2D eigenvalue weighted by molar-refractivity contribution is 7.22. The number of aromatic nitrogens is 1. The van der Waals surface area contributed by atoms with Crippen LogP contribution in [0.3, 0.4) is 0 Å². The van der Waals surface area contributed by atoms with E-state index in [0.717, 1.165) is 16.0 Å². The van der Waals surface area contributed by atoms with E-state index in [9.17, 15) is 4.79 Å². The maximum absolute atomic E-state index is 11.8. The quantitative estimate of drug-likeness (QED) is 0.791. The third-order valence-corrected chi connectivity index (χ3v) is 3.67. The number of anilines is 1. The van der Waals surface area contributed by atoms with Crippen LogP contribution in [0.1, 0.15) is 12.2 Å². The molecule has 3 aromatic rings. The molecule has 96 valence electrons. The van der Waals surface area contributed by atoms with Gasteiger partial charge in [0.1, 0.15) is 5.76 Å². The molecule has 0 saturated heterocycles. The van der Waals surface area contributed by atoms with Gasteiger partial charge in [0.25, 0.3) is 0 Å². The predicted molar refractivity (Wildman–Crippen MR) is 75.3 cm³/mol. The standard InChI is InChI=1S/C14H12N2O2S/c17-13(8-7-10-4-3-9-18-10)16-14-15-11-5-1-2-6-12(11)19-14/h1-6,9H,7-8H2,(H,15,16,17). The number of fused-ring (bicyclic) bond motifs is 1. The van der Waals surface area contributed by atoms with Crippen molar-refractivity contribution in [2.24, 2.45) is 0 Å². The third-order valence-electron chi connectivity index (χ3n) is 2.72. The summed E-state index contributed by atoms with van der Waals surface area (Å²) in [4.78, 5) is 16.2. The van der Waals surface area contributed by atoms with Gasteiger partial charge in [0.15, 0.2) is 5.13 Å². The predicted octanol–water partition coefficient (Wildman–Crippen LogP) is 3.46. The van der Waals surface area contributed by atoms with E-state index in [1.165, 1.54) is 11.3 Å². The normalized spacial score (nSPS) is 10.7. The van der Waals surface area contributed by atoms with Gasteiger partial charge in [-0.2, -0.15) is 0 Å². The minimum atomic E-state index is -0.0459. The first-order valence-electron chi connectivity index (χ1n) is 5.99. The Hall–Kier alpha value is -2.14. The second-order valence-corrected chi connectivity index (χ2v) is 5.14. The largest absolute Gasteiger partial charge is 0.469 e. The molecule has 3 rings (SSSR count). The number of hydrogen-bond donors (Lipinski definition) is 1. The average molecular weight is 272 g/mol. The van der Waals surface area contributed by atoms with Crippen molar-refractivity contribution in [3.63, 3.8) is 0 Å². The van der Waals surface area contributed by atoms with Gasteiger partial charge < -0.3 is 9.73 Å². The van der Waals surface area contributed by atoms with Crippen LogP contribution in [0.15, 0.2) is 47.1 Å². The number of carbonyl (C=O) groups is 1. The highest BCUT2D eigenvalue weighted by Gasteiger charge is 2.08. The molecule has 0 radical (unpaired) electrons. The lowest BCUT2D eigenvalue weighted by Crippen LogP contribution is -2.11. The summed E-state index contributed by atoms with van der Waals surface area (Å²) in [7, 11) is 0. The number of benzene rings is 1. The van der Waals surface area contributed by atoms with Crippen molar-refractivity contribution in [2.75, 3.05) is 5.32 Å². The fourth-order valence-electron chi connectivity index (χ4n) is 1.80. The number of aryl methyl sites for hydroxylation is 1. The Kier molecular flexibility index (Phi) is 3.29. The van der Waals surface area contributed by atoms with Gasteiger partial charge in [-0.3, -0.25) is 4.79 Å². The van der Waals surface area contributed by atoms with Crippen molar-refractivity contribution >= 4 is 32.6 Å². The number of nitrogens with one attached hydrogen (secondary N) is 1. The van der Waals surface area contributed by atoms with E-state index in [1.54, 1.807) is 6.26 Å². The molecular weight excluding hydrogens is 260 g/mol. The maximum Gasteiger partial charge on any atom is 0.226 e. The van der Waals surface area contributed by atoms with Crippen LogP contribution >= 0.6 is 11.3 Å². The van der Waals surface area contributed by atoms with Crippen molar-refractivity contribution in [2.45, 2.75) is 12.8 Å². The van der Waals surface area contributed by atoms with Gasteiger partial charge in [0.2, 0.25) is 5.91 Å². The van der Waals surface area contributed by atoms with Crippen molar-refractivity contribution in [3.05, 3.63) is 48.4 Å². The van der Waals surface area contributed by atoms with E-state index in [4.69, 9.17) is 4.42 Å². The summed E-state index contributed by atoms with van der Waals surface area (Å²) in [6.07, 6.45) is 2.61. The average Bonchev–Trinajstić information content (AvgIpc) is 3.04. The summed E-state index contributed by atoms with van der Waals surface area (Å²) < 4.78 is 6.26. The van der Waals surface area contributed by atoms with E-state index in [-0.39, 0.29) is 5.91 Å². The van der Waals surface area contributed by atoms with Gasteiger partial charge >= 0.3 is 0 Å². The van der Waals surface area contributed by atoms with Crippen LogP contribution in [-0.4, -0.2) is 10.9 Å². The lowest BCUT2D eigenvalue weighted by molar-refractivity contribution is -0.116. The van der Waals surface area contributed by atoms with Crippen LogP contribution in [0.4, 0.5) is 5.13 Å². The fraction of sp³-hybridized carbons (Fsp3) is 0.143. The summed E-state index contributed by atoms with van der Waals surface area (Å²) >= 11 is 1.48. The van der Waals surface area contributed by atoms with Crippen molar-refractivity contribution in [1.82, 2.24) is 4.98 Å². The molecule has 5 heteroatoms. The summed E-state index contributed by atoms with van der Waals surface area (Å²) in [5.41, 5.74) is 0.911. The molecule has 1 N–H and O–H groups in total. The molecule has 0 saturated carbocycles. The molecule has 0 aliphatic rings. The fourth-order valence-corrected chi connectivity index (χ4v) is 2.68. The summed E-state index contributed by atoms with van der Waals surface area (Å²) in [6.45, 7) is 0. The van der Waals surface area contributed by atoms with E-state index in [1.807, 2.05) is 36.4 Å². The molecule has 1 aromatic carbocycles. The minimum Gasteiger partial charge on any atom is -0.469 e. The van der Waals surface area contributed by atoms with Crippen molar-refractivity contribution in [3.8, 4) is 0 Å². The second-order valence-electron chi connectivity index (χ2n) is 4.11. The Morgan fingerprint density at radius 2 is 2.16 bits per heavy atom. The van der Waals surface area contributed by atoms with E-state index >= 15 is 0 Å². The number of furan rings is 1. The summed E-state index contributed by atoms with van der Waals surface area (Å²) in [6, 6.07) is 11.5. The Balaban J connectivity index is 1.62. The first-order valence-corrected chi connectivity index (χ1v) is 6.81. The number of para-hydroxylation sites is 1. The Morgan fingerprint density at radius 1 is 1.26 bits per heavy atom. The Bertz CT molecular complexity index is 655. The van der Waals surface area contributed by atoms with Gasteiger partial charge in [-0.15, -0.1) is 0 Å². The molecule has 4 nitrogen and oxygen atoms in total. The minimum absolute atomic E-state index is 0.0459. The SMILES string of the molecule is O=C(CCc1ccco1)Nc1nc2ccccc2s1. The zero-order valence-electron chi connectivity index (χ0n) is 10.1. The van der Waals surface area contributed by atoms with Crippen molar-refractivity contribution in [1.29, 1.82) is 0 Å². The Labute approximate surface area is 114 Å². The van der Waals surface area contributed by atoms with Crippen LogP contribution < -0.4 is 5.32 Å². The molecule has 0 unspecified atom stereocenters. The highest BCUT2D eigenvalue weighted by atomic mass is 32.1. The molecular formula is C14H12N2O2S. The van der Waals surface area contributed by atoms with E-state index in [2.05, 4.69) is 10.3 Å². The van der Waals surface area contributed by atoms with Gasteiger partial charge in [-0.1, -0.05) is 23.5 Å². The number of rotatable bonds is 4. The number of thiazole rings is 1. The number of hydrogen-bond acceptors (Lipinski definition) is 4. The van der Waals surface area contributed by atoms with Crippen LogP contribution in [-0.2, 0) is 11.2 Å². The first-order chi connectivity index (χ1) is 9.31. The van der Waals surface area contributed by atoms with Crippen LogP contribution in [0.25, 0.3) is 10.2 Å². The maximum atomic E-state index is 11.8. The summed E-state index contributed by atoms with van der Waals surface area (Å²) in [5.74, 6) is 0.773. The molecule has 0 fully saturated rings. The zero-order valence-corrected chi connectivity index (χ0v) is 10.9. The van der Waals surface area contributed by atoms with Crippen LogP contribution in [0.2, 0.25) is 0 Å². The molecule has 2 aromatic heterocycles. The molecule has 0 bridgehead atoms. The zero-order chi connectivity index (χ0) is 13.1. The lowest BCUT2D eigenvalue weighted by atomic mass is 10.2. The molecule has 0 aliphatic carbocycles. The van der Waals surface area contributed by atoms with Crippen LogP contribution in [0.5, 0.6) is 0 Å². The topological polar surface area (TPSA) is 55.1 Å². The lowest BCUT2D eigenvalue weighted by Gasteiger charge is -1.99. The smallest absolute Gasteiger partial charge is 0.226 e. The van der Waals surface area contributed by atoms with Gasteiger partial charge in [0.05, 0.1) is 16.5 Å². The van der Waals surface area contributed by atoms with Gasteiger partial charge in [-0.25, -0.2) is 4.98 Å². The molecule has 0 atom stereocenters. The summed E-state index contributed by atoms with van der Waals surface area (Å²) in [5, 5.41) is 3.46. The third kappa shape index (κ3) is 2.82. The molecule has 2 heterocycles. The number of carbonyl (C=O) groups excluding carboxylic acids is 1. The molecule has 0 aliphatic heterocycles. The van der Waals surface area contributed by atoms with Crippen LogP contribution in [0, 0.1) is 0 Å². The molecule has 0 spiro atoms. The van der Waals surface area contributed by atoms with E-state index in [0.29, 0.717) is 18.0 Å². The molecule has 1 amide bonds. The van der Waals surface area contributed by atoms with Gasteiger partial charge in [-0.05, 0) is 24.3 Å². The number of nitrogens with zero attached hydrogens (tertiary/aromatic N) is 1. The van der Waals surface area contributed by atoms with E-state index < -0.39 is 0 Å². The highest BCUT2D eigenvalue weighted by Crippen LogP contribution is 2.25. The molecule has 19 heavy (non-hydrogen) atoms. The monoisotopic (exact) mass is 272 g/mol. The van der Waals surface area contributed by atoms with Gasteiger partial charge in [0, 0.05) is 12.8 Å². The number of amides is 1. The first kappa shape index (κ1) is 11.9.